The van der Waals surface area contributed by atoms with Crippen LogP contribution in [-0.2, 0) is 0 Å². The molecule has 368 valence electrons. The van der Waals surface area contributed by atoms with E-state index in [1.807, 2.05) is 144 Å². The number of rotatable bonds is 14. The summed E-state index contributed by atoms with van der Waals surface area (Å²) < 4.78 is 38.5. The molecule has 2 aliphatic rings. The Hall–Kier alpha value is -8.00. The fourth-order valence-electron chi connectivity index (χ4n) is 8.76. The van der Waals surface area contributed by atoms with Crippen molar-refractivity contribution in [2.45, 2.75) is 120 Å². The molecule has 5 heterocycles. The van der Waals surface area contributed by atoms with E-state index in [9.17, 15) is 0 Å². The van der Waals surface area contributed by atoms with Gasteiger partial charge in [-0.15, -0.1) is 0 Å². The van der Waals surface area contributed by atoms with E-state index >= 15 is 0 Å². The number of ether oxygens (including phenoxy) is 6. The van der Waals surface area contributed by atoms with Crippen LogP contribution in [0, 0.1) is 0 Å². The summed E-state index contributed by atoms with van der Waals surface area (Å²) in [6.07, 6.45) is 3.35. The molecule has 0 unspecified atom stereocenters. The second kappa shape index (κ2) is 19.3. The first-order chi connectivity index (χ1) is 34.5. The highest BCUT2D eigenvalue weighted by Gasteiger charge is 2.27. The molecule has 3 aromatic heterocycles. The summed E-state index contributed by atoms with van der Waals surface area (Å²) in [6, 6.07) is 28.1. The van der Waals surface area contributed by atoms with Crippen LogP contribution < -0.4 is 28.4 Å². The van der Waals surface area contributed by atoms with Gasteiger partial charge in [-0.25, -0.2) is 29.9 Å². The Labute approximate surface area is 418 Å². The van der Waals surface area contributed by atoms with Crippen molar-refractivity contribution in [3.63, 3.8) is 0 Å². The zero-order valence-electron chi connectivity index (χ0n) is 42.8. The van der Waals surface area contributed by atoms with Crippen LogP contribution in [0.3, 0.4) is 0 Å². The van der Waals surface area contributed by atoms with Crippen LogP contribution in [0.25, 0.3) is 102 Å². The number of aromatic nitrogens is 8. The lowest BCUT2D eigenvalue weighted by atomic mass is 10.0. The maximum Gasteiger partial charge on any atom is 0.164 e. The van der Waals surface area contributed by atoms with E-state index in [2.05, 4.69) is 46.4 Å². The average molecular weight is 965 g/mol. The van der Waals surface area contributed by atoms with Crippen molar-refractivity contribution in [1.29, 1.82) is 0 Å². The molecule has 0 fully saturated rings. The third kappa shape index (κ3) is 9.73. The van der Waals surface area contributed by atoms with Crippen molar-refractivity contribution in [1.82, 2.24) is 39.9 Å². The number of hydrogen-bond donors (Lipinski definition) is 2. The van der Waals surface area contributed by atoms with Gasteiger partial charge in [-0.1, -0.05) is 48.6 Å². The topological polar surface area (TPSA) is 164 Å². The first-order valence-corrected chi connectivity index (χ1v) is 24.8. The summed E-state index contributed by atoms with van der Waals surface area (Å²) in [4.78, 5) is 39.0. The normalized spacial score (nSPS) is 12.3. The molecule has 14 heteroatoms. The molecular formula is C58H60N8O6. The van der Waals surface area contributed by atoms with E-state index in [4.69, 9.17) is 58.3 Å². The number of nitrogens with one attached hydrogen (secondary N) is 2. The zero-order valence-corrected chi connectivity index (χ0v) is 42.8. The molecule has 0 saturated heterocycles. The summed E-state index contributed by atoms with van der Waals surface area (Å²) in [6.45, 7) is 23.9. The molecule has 8 aromatic rings. The molecule has 0 saturated carbocycles. The number of nitrogens with zero attached hydrogens (tertiary/aromatic N) is 6. The highest BCUT2D eigenvalue weighted by molar-refractivity contribution is 6.08. The molecule has 72 heavy (non-hydrogen) atoms. The van der Waals surface area contributed by atoms with E-state index < -0.39 is 0 Å². The summed E-state index contributed by atoms with van der Waals surface area (Å²) in [5.41, 5.74) is 7.07. The van der Waals surface area contributed by atoms with E-state index in [0.29, 0.717) is 91.5 Å². The van der Waals surface area contributed by atoms with Crippen molar-refractivity contribution < 1.29 is 28.4 Å². The number of H-pyrrole nitrogens is 2. The molecule has 2 aliphatic heterocycles. The summed E-state index contributed by atoms with van der Waals surface area (Å²) in [5, 5.41) is 2.97. The minimum Gasteiger partial charge on any atom is -0.487 e. The molecule has 10 rings (SSSR count). The van der Waals surface area contributed by atoms with Crippen molar-refractivity contribution in [2.24, 2.45) is 0 Å². The Morgan fingerprint density at radius 2 is 0.625 bits per heavy atom. The Kier molecular flexibility index (Phi) is 12.8. The Morgan fingerprint density at radius 3 is 0.972 bits per heavy atom. The Morgan fingerprint density at radius 1 is 0.319 bits per heavy atom. The van der Waals surface area contributed by atoms with E-state index in [-0.39, 0.29) is 36.6 Å². The quantitative estimate of drug-likeness (QED) is 0.0993. The van der Waals surface area contributed by atoms with Gasteiger partial charge in [0.05, 0.1) is 36.6 Å². The van der Waals surface area contributed by atoms with Gasteiger partial charge in [0.25, 0.3) is 0 Å². The highest BCUT2D eigenvalue weighted by atomic mass is 16.5. The molecule has 8 bridgehead atoms. The zero-order chi connectivity index (χ0) is 50.5. The number of benzene rings is 5. The second-order valence-electron chi connectivity index (χ2n) is 19.7. The maximum absolute atomic E-state index is 6.42. The van der Waals surface area contributed by atoms with E-state index in [0.717, 1.165) is 43.8 Å². The van der Waals surface area contributed by atoms with Crippen LogP contribution in [-0.4, -0.2) is 76.5 Å². The van der Waals surface area contributed by atoms with Crippen LogP contribution in [0.15, 0.2) is 84.9 Å². The molecule has 14 nitrogen and oxygen atoms in total. The fraction of sp³-hybridized carbons (Fsp3) is 0.310. The number of aromatic amines is 2. The van der Waals surface area contributed by atoms with Gasteiger partial charge in [0.1, 0.15) is 22.6 Å². The van der Waals surface area contributed by atoms with Crippen LogP contribution in [0.1, 0.15) is 94.2 Å². The summed E-state index contributed by atoms with van der Waals surface area (Å²) in [7, 11) is 0. The van der Waals surface area contributed by atoms with Gasteiger partial charge in [-0.3, -0.25) is 0 Å². The summed E-state index contributed by atoms with van der Waals surface area (Å²) >= 11 is 0. The lowest BCUT2D eigenvalue weighted by molar-refractivity contribution is 0.199. The van der Waals surface area contributed by atoms with Gasteiger partial charge >= 0.3 is 0 Å². The van der Waals surface area contributed by atoms with Gasteiger partial charge < -0.3 is 38.4 Å². The molecular weight excluding hydrogens is 905 g/mol. The van der Waals surface area contributed by atoms with Gasteiger partial charge in [0.2, 0.25) is 0 Å². The highest BCUT2D eigenvalue weighted by Crippen LogP contribution is 2.45. The van der Waals surface area contributed by atoms with E-state index in [1.54, 1.807) is 0 Å². The second-order valence-corrected chi connectivity index (χ2v) is 19.7. The monoisotopic (exact) mass is 964 g/mol. The minimum atomic E-state index is -0.145. The first kappa shape index (κ1) is 47.7. The van der Waals surface area contributed by atoms with Gasteiger partial charge in [-0.05, 0) is 143 Å². The molecule has 0 aliphatic carbocycles. The van der Waals surface area contributed by atoms with Crippen LogP contribution in [0.2, 0.25) is 0 Å². The molecule has 0 amide bonds. The largest absolute Gasteiger partial charge is 0.487 e. The van der Waals surface area contributed by atoms with Crippen molar-refractivity contribution in [3.8, 4) is 80.0 Å². The van der Waals surface area contributed by atoms with Crippen molar-refractivity contribution in [2.75, 3.05) is 0 Å². The molecule has 0 spiro atoms. The van der Waals surface area contributed by atoms with E-state index in [1.165, 1.54) is 0 Å². The predicted molar refractivity (Wildman–Crippen MR) is 286 cm³/mol. The Bertz CT molecular complexity index is 3580. The maximum atomic E-state index is 6.42. The average Bonchev–Trinajstić information content (AvgIpc) is 4.02. The molecule has 0 atom stereocenters. The minimum absolute atomic E-state index is 0.134. The third-order valence-electron chi connectivity index (χ3n) is 11.5. The van der Waals surface area contributed by atoms with Gasteiger partial charge in [-0.2, -0.15) is 0 Å². The van der Waals surface area contributed by atoms with Crippen LogP contribution in [0.4, 0.5) is 0 Å². The van der Waals surface area contributed by atoms with Gasteiger partial charge in [0, 0.05) is 43.8 Å². The lowest BCUT2D eigenvalue weighted by Gasteiger charge is -2.18. The lowest BCUT2D eigenvalue weighted by Crippen LogP contribution is -2.11. The van der Waals surface area contributed by atoms with Crippen molar-refractivity contribution in [3.05, 3.63) is 96.1 Å². The standard InChI is InChI=1S/C58H60N8O6/c1-29(2)67-45-23-39-40(24-46(45)68-30(3)4)55-62-53(39)60-51-37-21-20-36(19-18-35-16-14-13-15-17-35)22-38(37)52(59-51)61-54-41-25-47(69-31(5)6)48(70-32(7)8)26-42(41)56(63-54)65-58-44-28-50(72-34(11)12)49(71-33(9)10)27-43(44)57(64-55)66-58/h13-34H,1-12H3,(H2,59,60,61,62,63,64,65,66)/b19-18+. The smallest absolute Gasteiger partial charge is 0.164 e. The first-order valence-electron chi connectivity index (χ1n) is 24.8. The molecule has 2 N–H and O–H groups in total. The van der Waals surface area contributed by atoms with Gasteiger partial charge in [0.15, 0.2) is 57.8 Å². The predicted octanol–water partition coefficient (Wildman–Crippen LogP) is 13.8. The fourth-order valence-corrected chi connectivity index (χ4v) is 8.76. The number of fused-ring (bicyclic) bond motifs is 20. The number of hydrogen-bond acceptors (Lipinski definition) is 12. The molecule has 0 radical (unpaired) electrons. The van der Waals surface area contributed by atoms with Crippen LogP contribution in [0.5, 0.6) is 34.5 Å². The molecule has 5 aromatic carbocycles. The Balaban J connectivity index is 1.35. The summed E-state index contributed by atoms with van der Waals surface area (Å²) in [5.74, 6) is 5.13. The van der Waals surface area contributed by atoms with Crippen molar-refractivity contribution >= 4 is 56.3 Å². The SMILES string of the molecule is CC(C)Oc1cc2c(cc1OC(C)C)-c1nc-2nc2[nH]c(nc3nc(nc4[nH]c(n1)c1cc(OC(C)C)c(OC(C)C)cc41)-c1cc(/C=C/c4ccccc4)ccc1-3)c1cc(OC(C)C)c(OC(C)C)cc21. The van der Waals surface area contributed by atoms with Crippen LogP contribution >= 0.6 is 0 Å². The third-order valence-corrected chi connectivity index (χ3v) is 11.5.